The summed E-state index contributed by atoms with van der Waals surface area (Å²) >= 11 is 0. The van der Waals surface area contributed by atoms with Crippen LogP contribution in [0.1, 0.15) is 21.5 Å². The van der Waals surface area contributed by atoms with E-state index in [0.717, 1.165) is 12.1 Å². The molecule has 0 aromatic heterocycles. The summed E-state index contributed by atoms with van der Waals surface area (Å²) in [6.07, 6.45) is 0. The fourth-order valence-electron chi connectivity index (χ4n) is 2.96. The number of hydrogen-bond acceptors (Lipinski definition) is 3. The number of nitrogens with zero attached hydrogens (tertiary/aromatic N) is 2. The van der Waals surface area contributed by atoms with Gasteiger partial charge in [0.2, 0.25) is 0 Å². The molecule has 2 amide bonds. The van der Waals surface area contributed by atoms with Crippen LogP contribution in [0.15, 0.2) is 54.6 Å². The molecule has 1 saturated heterocycles. The molecular formula is C20H23N3O3. The third-order valence-corrected chi connectivity index (χ3v) is 4.69. The molecular weight excluding hydrogens is 330 g/mol. The summed E-state index contributed by atoms with van der Waals surface area (Å²) in [6.45, 7) is 2.69. The van der Waals surface area contributed by atoms with E-state index in [-0.39, 0.29) is 11.6 Å². The molecule has 6 nitrogen and oxygen atoms in total. The SMILES string of the molecule is CN(Cc1ccccc1)C1CN(C(=O)NCc2ccc(C(=O)O)cc2)C1. The number of aromatic carboxylic acids is 1. The number of carbonyl (C=O) groups excluding carboxylic acids is 1. The summed E-state index contributed by atoms with van der Waals surface area (Å²) in [7, 11) is 2.08. The topological polar surface area (TPSA) is 72.9 Å². The van der Waals surface area contributed by atoms with Gasteiger partial charge in [-0.1, -0.05) is 42.5 Å². The van der Waals surface area contributed by atoms with Crippen LogP contribution in [-0.2, 0) is 13.1 Å². The summed E-state index contributed by atoms with van der Waals surface area (Å²) in [5, 5.41) is 11.8. The molecule has 0 atom stereocenters. The number of carboxylic acid groups (broad SMARTS) is 1. The summed E-state index contributed by atoms with van der Waals surface area (Å²) < 4.78 is 0. The highest BCUT2D eigenvalue weighted by molar-refractivity contribution is 5.87. The number of likely N-dealkylation sites (tertiary alicyclic amines) is 1. The summed E-state index contributed by atoms with van der Waals surface area (Å²) in [4.78, 5) is 27.1. The van der Waals surface area contributed by atoms with Crippen molar-refractivity contribution >= 4 is 12.0 Å². The van der Waals surface area contributed by atoms with Crippen molar-refractivity contribution in [1.29, 1.82) is 0 Å². The third kappa shape index (κ3) is 4.40. The molecule has 1 fully saturated rings. The lowest BCUT2D eigenvalue weighted by molar-refractivity contribution is 0.0683. The van der Waals surface area contributed by atoms with Crippen LogP contribution in [0.25, 0.3) is 0 Å². The molecule has 0 saturated carbocycles. The van der Waals surface area contributed by atoms with Gasteiger partial charge in [-0.05, 0) is 30.3 Å². The third-order valence-electron chi connectivity index (χ3n) is 4.69. The largest absolute Gasteiger partial charge is 0.478 e. The van der Waals surface area contributed by atoms with E-state index in [0.29, 0.717) is 25.7 Å². The molecule has 3 rings (SSSR count). The Morgan fingerprint density at radius 2 is 1.73 bits per heavy atom. The Hall–Kier alpha value is -2.86. The maximum absolute atomic E-state index is 12.2. The molecule has 26 heavy (non-hydrogen) atoms. The van der Waals surface area contributed by atoms with Crippen LogP contribution in [0, 0.1) is 0 Å². The minimum absolute atomic E-state index is 0.0864. The smallest absolute Gasteiger partial charge is 0.335 e. The van der Waals surface area contributed by atoms with Crippen molar-refractivity contribution in [3.05, 3.63) is 71.3 Å². The van der Waals surface area contributed by atoms with Crippen molar-refractivity contribution < 1.29 is 14.7 Å². The van der Waals surface area contributed by atoms with Gasteiger partial charge >= 0.3 is 12.0 Å². The molecule has 2 aromatic rings. The first-order valence-corrected chi connectivity index (χ1v) is 8.62. The van der Waals surface area contributed by atoms with Gasteiger partial charge < -0.3 is 15.3 Å². The molecule has 2 aromatic carbocycles. The summed E-state index contributed by atoms with van der Waals surface area (Å²) in [5.74, 6) is -0.952. The molecule has 6 heteroatoms. The predicted octanol–water partition coefficient (Wildman–Crippen LogP) is 2.41. The molecule has 2 N–H and O–H groups in total. The number of nitrogens with one attached hydrogen (secondary N) is 1. The van der Waals surface area contributed by atoms with Gasteiger partial charge in [0.25, 0.3) is 0 Å². The lowest BCUT2D eigenvalue weighted by Crippen LogP contribution is -2.61. The highest BCUT2D eigenvalue weighted by Crippen LogP contribution is 2.16. The van der Waals surface area contributed by atoms with Crippen molar-refractivity contribution in [2.24, 2.45) is 0 Å². The average molecular weight is 353 g/mol. The molecule has 1 heterocycles. The fraction of sp³-hybridized carbons (Fsp3) is 0.300. The van der Waals surface area contributed by atoms with Gasteiger partial charge in [-0.2, -0.15) is 0 Å². The highest BCUT2D eigenvalue weighted by Gasteiger charge is 2.33. The minimum Gasteiger partial charge on any atom is -0.478 e. The predicted molar refractivity (Wildman–Crippen MR) is 98.9 cm³/mol. The first-order chi connectivity index (χ1) is 12.5. The second-order valence-corrected chi connectivity index (χ2v) is 6.62. The molecule has 0 aliphatic carbocycles. The first-order valence-electron chi connectivity index (χ1n) is 8.62. The second-order valence-electron chi connectivity index (χ2n) is 6.62. The quantitative estimate of drug-likeness (QED) is 0.836. The summed E-state index contributed by atoms with van der Waals surface area (Å²) in [6, 6.07) is 17.1. The van der Waals surface area contributed by atoms with E-state index in [1.807, 2.05) is 18.2 Å². The van der Waals surface area contributed by atoms with Gasteiger partial charge in [-0.15, -0.1) is 0 Å². The van der Waals surface area contributed by atoms with Crippen LogP contribution in [0.4, 0.5) is 4.79 Å². The van der Waals surface area contributed by atoms with E-state index in [1.54, 1.807) is 29.2 Å². The highest BCUT2D eigenvalue weighted by atomic mass is 16.4. The lowest BCUT2D eigenvalue weighted by atomic mass is 10.1. The van der Waals surface area contributed by atoms with Crippen LogP contribution >= 0.6 is 0 Å². The van der Waals surface area contributed by atoms with Crippen molar-refractivity contribution in [2.75, 3.05) is 20.1 Å². The van der Waals surface area contributed by atoms with Crippen LogP contribution in [0.2, 0.25) is 0 Å². The van der Waals surface area contributed by atoms with Crippen molar-refractivity contribution in [1.82, 2.24) is 15.1 Å². The number of carboxylic acids is 1. The van der Waals surface area contributed by atoms with Crippen LogP contribution < -0.4 is 5.32 Å². The maximum Gasteiger partial charge on any atom is 0.335 e. The number of urea groups is 1. The van der Waals surface area contributed by atoms with E-state index < -0.39 is 5.97 Å². The van der Waals surface area contributed by atoms with Gasteiger partial charge in [0.05, 0.1) is 5.56 Å². The molecule has 0 spiro atoms. The number of amides is 2. The first kappa shape index (κ1) is 17.9. The number of hydrogen-bond donors (Lipinski definition) is 2. The number of likely N-dealkylation sites (N-methyl/N-ethyl adjacent to an activating group) is 1. The van der Waals surface area contributed by atoms with E-state index in [1.165, 1.54) is 5.56 Å². The molecule has 136 valence electrons. The van der Waals surface area contributed by atoms with Gasteiger partial charge in [-0.25, -0.2) is 9.59 Å². The fourth-order valence-corrected chi connectivity index (χ4v) is 2.96. The van der Waals surface area contributed by atoms with E-state index in [9.17, 15) is 9.59 Å². The van der Waals surface area contributed by atoms with Crippen molar-refractivity contribution in [3.63, 3.8) is 0 Å². The normalized spacial score (nSPS) is 14.2. The van der Waals surface area contributed by atoms with Gasteiger partial charge in [-0.3, -0.25) is 4.90 Å². The van der Waals surface area contributed by atoms with E-state index in [4.69, 9.17) is 5.11 Å². The molecule has 1 aliphatic heterocycles. The monoisotopic (exact) mass is 353 g/mol. The van der Waals surface area contributed by atoms with Crippen LogP contribution in [-0.4, -0.2) is 53.1 Å². The van der Waals surface area contributed by atoms with E-state index >= 15 is 0 Å². The molecule has 0 unspecified atom stereocenters. The van der Waals surface area contributed by atoms with Gasteiger partial charge in [0.1, 0.15) is 0 Å². The van der Waals surface area contributed by atoms with Crippen molar-refractivity contribution in [3.8, 4) is 0 Å². The number of rotatable bonds is 6. The number of carbonyl (C=O) groups is 2. The molecule has 0 bridgehead atoms. The van der Waals surface area contributed by atoms with Crippen molar-refractivity contribution in [2.45, 2.75) is 19.1 Å². The minimum atomic E-state index is -0.952. The van der Waals surface area contributed by atoms with Crippen LogP contribution in [0.3, 0.4) is 0 Å². The molecule has 0 radical (unpaired) electrons. The zero-order valence-electron chi connectivity index (χ0n) is 14.8. The van der Waals surface area contributed by atoms with E-state index in [2.05, 4.69) is 29.4 Å². The Morgan fingerprint density at radius 1 is 1.08 bits per heavy atom. The number of benzene rings is 2. The second kappa shape index (κ2) is 8.01. The Balaban J connectivity index is 1.41. The standard InChI is InChI=1S/C20H23N3O3/c1-22(12-16-5-3-2-4-6-16)18-13-23(14-18)20(26)21-11-15-7-9-17(10-8-15)19(24)25/h2-10,18H,11-14H2,1H3,(H,21,26)(H,24,25). The lowest BCUT2D eigenvalue weighted by Gasteiger charge is -2.43. The Kier molecular flexibility index (Phi) is 5.53. The Morgan fingerprint density at radius 3 is 2.35 bits per heavy atom. The average Bonchev–Trinajstić information content (AvgIpc) is 2.60. The maximum atomic E-state index is 12.2. The Labute approximate surface area is 153 Å². The van der Waals surface area contributed by atoms with Crippen LogP contribution in [0.5, 0.6) is 0 Å². The molecule has 1 aliphatic rings. The van der Waals surface area contributed by atoms with Gasteiger partial charge in [0.15, 0.2) is 0 Å². The zero-order chi connectivity index (χ0) is 18.5. The summed E-state index contributed by atoms with van der Waals surface area (Å²) in [5.41, 5.74) is 2.39. The Bertz CT molecular complexity index is 756. The van der Waals surface area contributed by atoms with Gasteiger partial charge in [0, 0.05) is 32.2 Å². The zero-order valence-corrected chi connectivity index (χ0v) is 14.8.